The van der Waals surface area contributed by atoms with Crippen LogP contribution in [0, 0.1) is 5.41 Å². The van der Waals surface area contributed by atoms with E-state index in [1.165, 1.54) is 38.5 Å². The molecule has 0 aliphatic heterocycles. The van der Waals surface area contributed by atoms with E-state index in [9.17, 15) is 0 Å². The Bertz CT molecular complexity index is 123. The van der Waals surface area contributed by atoms with Crippen LogP contribution in [0.25, 0.3) is 0 Å². The zero-order valence-electron chi connectivity index (χ0n) is 9.07. The number of hydrogen-bond donors (Lipinski definition) is 1. The van der Waals surface area contributed by atoms with Gasteiger partial charge < -0.3 is 4.74 Å². The number of methoxy groups -OCH3 is 1. The average molecular weight is 185 g/mol. The number of nitrogens with one attached hydrogen (secondary N) is 1. The first-order chi connectivity index (χ1) is 6.31. The molecule has 0 aliphatic carbocycles. The van der Waals surface area contributed by atoms with Crippen LogP contribution in [-0.4, -0.2) is 13.0 Å². The fourth-order valence-electron chi connectivity index (χ4n) is 1.34. The lowest BCUT2D eigenvalue weighted by molar-refractivity contribution is 0.382. The minimum atomic E-state index is 0.425. The molecule has 0 aromatic heterocycles. The van der Waals surface area contributed by atoms with E-state index >= 15 is 0 Å². The van der Waals surface area contributed by atoms with E-state index < -0.39 is 0 Å². The smallest absolute Gasteiger partial charge is 0.180 e. The minimum absolute atomic E-state index is 0.425. The third-order valence-corrected chi connectivity index (χ3v) is 2.25. The number of rotatable bonds is 8. The highest BCUT2D eigenvalue weighted by atomic mass is 16.5. The Morgan fingerprint density at radius 2 is 1.54 bits per heavy atom. The Morgan fingerprint density at radius 1 is 1.00 bits per heavy atom. The zero-order chi connectivity index (χ0) is 9.94. The molecule has 0 fully saturated rings. The molecule has 0 heterocycles. The fourth-order valence-corrected chi connectivity index (χ4v) is 1.34. The molecule has 0 rings (SSSR count). The van der Waals surface area contributed by atoms with Gasteiger partial charge in [-0.2, -0.15) is 0 Å². The Morgan fingerprint density at radius 3 is 2.08 bits per heavy atom. The highest BCUT2D eigenvalue weighted by Crippen LogP contribution is 2.08. The maximum Gasteiger partial charge on any atom is 0.180 e. The van der Waals surface area contributed by atoms with Crippen LogP contribution in [0.1, 0.15) is 58.3 Å². The van der Waals surface area contributed by atoms with E-state index in [4.69, 9.17) is 10.1 Å². The third kappa shape index (κ3) is 9.38. The minimum Gasteiger partial charge on any atom is -0.484 e. The normalized spacial score (nSPS) is 10.0. The van der Waals surface area contributed by atoms with Crippen LogP contribution in [-0.2, 0) is 4.74 Å². The summed E-state index contributed by atoms with van der Waals surface area (Å²) in [6.45, 7) is 2.24. The molecule has 0 aromatic rings. The van der Waals surface area contributed by atoms with Crippen LogP contribution in [0.3, 0.4) is 0 Å². The molecule has 0 saturated carbocycles. The Kier molecular flexibility index (Phi) is 9.17. The van der Waals surface area contributed by atoms with Crippen molar-refractivity contribution in [3.63, 3.8) is 0 Å². The van der Waals surface area contributed by atoms with Gasteiger partial charge in [0.15, 0.2) is 5.90 Å². The predicted molar refractivity (Wildman–Crippen MR) is 57.3 cm³/mol. The van der Waals surface area contributed by atoms with E-state index in [1.807, 2.05) is 0 Å². The topological polar surface area (TPSA) is 33.1 Å². The molecule has 0 bridgehead atoms. The van der Waals surface area contributed by atoms with E-state index in [0.717, 1.165) is 12.8 Å². The summed E-state index contributed by atoms with van der Waals surface area (Å²) in [4.78, 5) is 0. The first kappa shape index (κ1) is 12.5. The average Bonchev–Trinajstić information content (AvgIpc) is 2.16. The maximum absolute atomic E-state index is 7.26. The van der Waals surface area contributed by atoms with Crippen LogP contribution < -0.4 is 0 Å². The third-order valence-electron chi connectivity index (χ3n) is 2.25. The Balaban J connectivity index is 2.95. The summed E-state index contributed by atoms with van der Waals surface area (Å²) in [5, 5.41) is 7.26. The molecule has 0 amide bonds. The molecular weight excluding hydrogens is 162 g/mol. The summed E-state index contributed by atoms with van der Waals surface area (Å²) < 4.78 is 4.78. The van der Waals surface area contributed by atoms with Gasteiger partial charge in [0.05, 0.1) is 7.11 Å². The van der Waals surface area contributed by atoms with Crippen LogP contribution in [0.2, 0.25) is 0 Å². The lowest BCUT2D eigenvalue weighted by Crippen LogP contribution is -1.97. The van der Waals surface area contributed by atoms with Gasteiger partial charge in [0.1, 0.15) is 0 Å². The van der Waals surface area contributed by atoms with Gasteiger partial charge in [-0.25, -0.2) is 0 Å². The first-order valence-corrected chi connectivity index (χ1v) is 5.42. The summed E-state index contributed by atoms with van der Waals surface area (Å²) in [6, 6.07) is 0. The molecule has 2 nitrogen and oxygen atoms in total. The molecule has 13 heavy (non-hydrogen) atoms. The number of unbranched alkanes of at least 4 members (excludes halogenated alkanes) is 6. The van der Waals surface area contributed by atoms with Crippen LogP contribution >= 0.6 is 0 Å². The quantitative estimate of drug-likeness (QED) is 0.349. The standard InChI is InChI=1S/C11H23NO/c1-3-4-5-6-7-8-9-10-11(12)13-2/h12H,3-10H2,1-2H3. The van der Waals surface area contributed by atoms with Gasteiger partial charge in [-0.05, 0) is 6.42 Å². The summed E-state index contributed by atoms with van der Waals surface area (Å²) in [7, 11) is 1.57. The van der Waals surface area contributed by atoms with Crippen molar-refractivity contribution < 1.29 is 4.74 Å². The highest BCUT2D eigenvalue weighted by molar-refractivity contribution is 5.72. The molecular formula is C11H23NO. The lowest BCUT2D eigenvalue weighted by Gasteiger charge is -2.02. The number of ether oxygens (including phenoxy) is 1. The molecule has 0 atom stereocenters. The first-order valence-electron chi connectivity index (χ1n) is 5.42. The van der Waals surface area contributed by atoms with Crippen molar-refractivity contribution in [2.24, 2.45) is 0 Å². The maximum atomic E-state index is 7.26. The molecule has 0 unspecified atom stereocenters. The van der Waals surface area contributed by atoms with Crippen molar-refractivity contribution in [1.82, 2.24) is 0 Å². The van der Waals surface area contributed by atoms with Gasteiger partial charge in [0.2, 0.25) is 0 Å². The van der Waals surface area contributed by atoms with E-state index in [-0.39, 0.29) is 0 Å². The molecule has 0 aliphatic rings. The van der Waals surface area contributed by atoms with E-state index in [1.54, 1.807) is 7.11 Å². The molecule has 78 valence electrons. The van der Waals surface area contributed by atoms with E-state index in [2.05, 4.69) is 6.92 Å². The van der Waals surface area contributed by atoms with Crippen molar-refractivity contribution in [3.05, 3.63) is 0 Å². The second-order valence-electron chi connectivity index (χ2n) is 3.50. The Labute approximate surface area is 82.2 Å². The monoisotopic (exact) mass is 185 g/mol. The molecule has 0 spiro atoms. The van der Waals surface area contributed by atoms with Gasteiger partial charge in [0, 0.05) is 6.42 Å². The van der Waals surface area contributed by atoms with Crippen molar-refractivity contribution in [3.8, 4) is 0 Å². The van der Waals surface area contributed by atoms with Gasteiger partial charge in [-0.15, -0.1) is 0 Å². The van der Waals surface area contributed by atoms with Crippen molar-refractivity contribution in [1.29, 1.82) is 5.41 Å². The molecule has 2 heteroatoms. The fraction of sp³-hybridized carbons (Fsp3) is 0.909. The molecule has 1 N–H and O–H groups in total. The van der Waals surface area contributed by atoms with Gasteiger partial charge in [-0.3, -0.25) is 5.41 Å². The van der Waals surface area contributed by atoms with Crippen molar-refractivity contribution in [2.75, 3.05) is 7.11 Å². The van der Waals surface area contributed by atoms with E-state index in [0.29, 0.717) is 5.90 Å². The summed E-state index contributed by atoms with van der Waals surface area (Å²) in [6.07, 6.45) is 9.89. The molecule has 0 radical (unpaired) electrons. The van der Waals surface area contributed by atoms with Gasteiger partial charge in [0.25, 0.3) is 0 Å². The Hall–Kier alpha value is -0.530. The highest BCUT2D eigenvalue weighted by Gasteiger charge is 1.95. The summed E-state index contributed by atoms with van der Waals surface area (Å²) >= 11 is 0. The number of hydrogen-bond acceptors (Lipinski definition) is 2. The van der Waals surface area contributed by atoms with Crippen molar-refractivity contribution >= 4 is 5.90 Å². The largest absolute Gasteiger partial charge is 0.484 e. The van der Waals surface area contributed by atoms with Crippen LogP contribution in [0.4, 0.5) is 0 Å². The lowest BCUT2D eigenvalue weighted by atomic mass is 10.1. The summed E-state index contributed by atoms with van der Waals surface area (Å²) in [5.74, 6) is 0.425. The molecule has 0 aromatic carbocycles. The SMILES string of the molecule is CCCCCCCCCC(=N)OC. The zero-order valence-corrected chi connectivity index (χ0v) is 9.07. The second-order valence-corrected chi connectivity index (χ2v) is 3.50. The summed E-state index contributed by atoms with van der Waals surface area (Å²) in [5.41, 5.74) is 0. The van der Waals surface area contributed by atoms with Crippen LogP contribution in [0.5, 0.6) is 0 Å². The van der Waals surface area contributed by atoms with Crippen molar-refractivity contribution in [2.45, 2.75) is 58.3 Å². The molecule has 0 saturated heterocycles. The second kappa shape index (κ2) is 9.56. The predicted octanol–water partition coefficient (Wildman–Crippen LogP) is 3.75. The van der Waals surface area contributed by atoms with Gasteiger partial charge >= 0.3 is 0 Å². The van der Waals surface area contributed by atoms with Crippen LogP contribution in [0.15, 0.2) is 0 Å². The van der Waals surface area contributed by atoms with Gasteiger partial charge in [-0.1, -0.05) is 45.4 Å².